The molecule has 0 aliphatic rings. The van der Waals surface area contributed by atoms with E-state index in [9.17, 15) is 8.42 Å². The standard InChI is InChI=1S/C10H15NO3S/c1-3-14-10-6-4-5-9(7-10)8-15(12,13)11-2/h4-7,11H,3,8H2,1-2H3. The van der Waals surface area contributed by atoms with Crippen molar-refractivity contribution in [2.45, 2.75) is 12.7 Å². The highest BCUT2D eigenvalue weighted by Crippen LogP contribution is 2.14. The van der Waals surface area contributed by atoms with Crippen molar-refractivity contribution in [3.05, 3.63) is 29.8 Å². The molecule has 0 radical (unpaired) electrons. The van der Waals surface area contributed by atoms with Gasteiger partial charge in [0.1, 0.15) is 5.75 Å². The summed E-state index contributed by atoms with van der Waals surface area (Å²) in [5, 5.41) is 0. The van der Waals surface area contributed by atoms with Crippen molar-refractivity contribution in [1.29, 1.82) is 0 Å². The normalized spacial score (nSPS) is 11.3. The fourth-order valence-electron chi connectivity index (χ4n) is 1.18. The first-order chi connectivity index (χ1) is 7.07. The molecule has 4 nitrogen and oxygen atoms in total. The van der Waals surface area contributed by atoms with Gasteiger partial charge >= 0.3 is 0 Å². The fourth-order valence-corrected chi connectivity index (χ4v) is 1.95. The van der Waals surface area contributed by atoms with Gasteiger partial charge in [-0.3, -0.25) is 0 Å². The van der Waals surface area contributed by atoms with Crippen LogP contribution in [0.1, 0.15) is 12.5 Å². The molecule has 0 bridgehead atoms. The van der Waals surface area contributed by atoms with Crippen LogP contribution in [0.25, 0.3) is 0 Å². The average Bonchev–Trinajstić information content (AvgIpc) is 2.18. The van der Waals surface area contributed by atoms with Crippen LogP contribution in [0.4, 0.5) is 0 Å². The molecule has 0 aliphatic carbocycles. The lowest BCUT2D eigenvalue weighted by atomic mass is 10.2. The highest BCUT2D eigenvalue weighted by atomic mass is 32.2. The van der Waals surface area contributed by atoms with Gasteiger partial charge in [0.15, 0.2) is 0 Å². The molecule has 1 N–H and O–H groups in total. The van der Waals surface area contributed by atoms with Crippen LogP contribution in [0.3, 0.4) is 0 Å². The molecule has 0 unspecified atom stereocenters. The molecule has 0 spiro atoms. The van der Waals surface area contributed by atoms with Crippen LogP contribution >= 0.6 is 0 Å². The zero-order chi connectivity index (χ0) is 11.3. The van der Waals surface area contributed by atoms with E-state index in [1.165, 1.54) is 7.05 Å². The van der Waals surface area contributed by atoms with Gasteiger partial charge in [0.05, 0.1) is 12.4 Å². The van der Waals surface area contributed by atoms with Crippen LogP contribution in [-0.2, 0) is 15.8 Å². The molecule has 0 aliphatic heterocycles. The Balaban J connectivity index is 2.82. The predicted octanol–water partition coefficient (Wildman–Crippen LogP) is 1.13. The highest BCUT2D eigenvalue weighted by molar-refractivity contribution is 7.88. The number of rotatable bonds is 5. The van der Waals surface area contributed by atoms with Crippen molar-refractivity contribution >= 4 is 10.0 Å². The Hall–Kier alpha value is -1.07. The van der Waals surface area contributed by atoms with Gasteiger partial charge < -0.3 is 4.74 Å². The molecule has 15 heavy (non-hydrogen) atoms. The third-order valence-corrected chi connectivity index (χ3v) is 3.21. The quantitative estimate of drug-likeness (QED) is 0.823. The van der Waals surface area contributed by atoms with E-state index in [0.717, 1.165) is 5.56 Å². The highest BCUT2D eigenvalue weighted by Gasteiger charge is 2.08. The molecule has 0 saturated heterocycles. The van der Waals surface area contributed by atoms with Crippen molar-refractivity contribution in [2.75, 3.05) is 13.7 Å². The van der Waals surface area contributed by atoms with E-state index < -0.39 is 10.0 Å². The second-order valence-corrected chi connectivity index (χ2v) is 4.97. The third kappa shape index (κ3) is 3.89. The summed E-state index contributed by atoms with van der Waals surface area (Å²) in [4.78, 5) is 0. The van der Waals surface area contributed by atoms with Crippen LogP contribution in [0.5, 0.6) is 5.75 Å². The number of sulfonamides is 1. The lowest BCUT2D eigenvalue weighted by Crippen LogP contribution is -2.20. The number of nitrogens with one attached hydrogen (secondary N) is 1. The van der Waals surface area contributed by atoms with Crippen molar-refractivity contribution in [2.24, 2.45) is 0 Å². The van der Waals surface area contributed by atoms with Crippen molar-refractivity contribution in [3.63, 3.8) is 0 Å². The number of benzene rings is 1. The first-order valence-electron chi connectivity index (χ1n) is 4.70. The van der Waals surface area contributed by atoms with E-state index in [0.29, 0.717) is 12.4 Å². The van der Waals surface area contributed by atoms with Crippen LogP contribution in [0.15, 0.2) is 24.3 Å². The number of hydrogen-bond donors (Lipinski definition) is 1. The Labute approximate surface area is 90.3 Å². The van der Waals surface area contributed by atoms with E-state index in [1.807, 2.05) is 6.92 Å². The summed E-state index contributed by atoms with van der Waals surface area (Å²) in [5.74, 6) is 0.672. The topological polar surface area (TPSA) is 55.4 Å². The Bertz CT molecular complexity index is 414. The Morgan fingerprint density at radius 2 is 2.13 bits per heavy atom. The van der Waals surface area contributed by atoms with Gasteiger partial charge in [0.2, 0.25) is 10.0 Å². The van der Waals surface area contributed by atoms with E-state index in [1.54, 1.807) is 24.3 Å². The molecule has 1 rings (SSSR count). The summed E-state index contributed by atoms with van der Waals surface area (Å²) in [6, 6.07) is 7.08. The molecule has 5 heteroatoms. The van der Waals surface area contributed by atoms with Crippen molar-refractivity contribution in [1.82, 2.24) is 4.72 Å². The monoisotopic (exact) mass is 229 g/mol. The first-order valence-corrected chi connectivity index (χ1v) is 6.35. The maximum atomic E-state index is 11.3. The Morgan fingerprint density at radius 3 is 2.73 bits per heavy atom. The lowest BCUT2D eigenvalue weighted by molar-refractivity contribution is 0.340. The van der Waals surface area contributed by atoms with Gasteiger partial charge in [-0.15, -0.1) is 0 Å². The minimum Gasteiger partial charge on any atom is -0.494 e. The summed E-state index contributed by atoms with van der Waals surface area (Å²) in [5.41, 5.74) is 0.718. The zero-order valence-electron chi connectivity index (χ0n) is 8.86. The summed E-state index contributed by atoms with van der Waals surface area (Å²) < 4.78 is 30.1. The molecule has 0 fully saturated rings. The maximum absolute atomic E-state index is 11.3. The van der Waals surface area contributed by atoms with E-state index in [4.69, 9.17) is 4.74 Å². The number of hydrogen-bond acceptors (Lipinski definition) is 3. The molecule has 1 aromatic rings. The van der Waals surface area contributed by atoms with Crippen LogP contribution in [0, 0.1) is 0 Å². The van der Waals surface area contributed by atoms with E-state index in [2.05, 4.69) is 4.72 Å². The first kappa shape index (κ1) is 12.0. The smallest absolute Gasteiger partial charge is 0.215 e. The molecule has 0 aromatic heterocycles. The van der Waals surface area contributed by atoms with Crippen LogP contribution in [0.2, 0.25) is 0 Å². The van der Waals surface area contributed by atoms with Crippen molar-refractivity contribution in [3.8, 4) is 5.75 Å². The summed E-state index contributed by atoms with van der Waals surface area (Å²) >= 11 is 0. The molecule has 0 atom stereocenters. The zero-order valence-corrected chi connectivity index (χ0v) is 9.67. The van der Waals surface area contributed by atoms with Crippen LogP contribution in [-0.4, -0.2) is 22.1 Å². The average molecular weight is 229 g/mol. The van der Waals surface area contributed by atoms with Gasteiger partial charge in [0.25, 0.3) is 0 Å². The summed E-state index contributed by atoms with van der Waals surface area (Å²) in [6.07, 6.45) is 0. The van der Waals surface area contributed by atoms with E-state index >= 15 is 0 Å². The van der Waals surface area contributed by atoms with Gasteiger partial charge in [-0.05, 0) is 31.7 Å². The van der Waals surface area contributed by atoms with Crippen LogP contribution < -0.4 is 9.46 Å². The number of ether oxygens (including phenoxy) is 1. The van der Waals surface area contributed by atoms with Crippen molar-refractivity contribution < 1.29 is 13.2 Å². The summed E-state index contributed by atoms with van der Waals surface area (Å²) in [7, 11) is -1.81. The van der Waals surface area contributed by atoms with Gasteiger partial charge in [0, 0.05) is 0 Å². The molecule has 1 aromatic carbocycles. The SMILES string of the molecule is CCOc1cccc(CS(=O)(=O)NC)c1. The molecular weight excluding hydrogens is 214 g/mol. The molecule has 0 amide bonds. The minimum absolute atomic E-state index is 0.0234. The third-order valence-electron chi connectivity index (χ3n) is 1.88. The minimum atomic E-state index is -3.21. The molecule has 0 saturated carbocycles. The van der Waals surface area contributed by atoms with Gasteiger partial charge in [-0.25, -0.2) is 13.1 Å². The lowest BCUT2D eigenvalue weighted by Gasteiger charge is -2.06. The molecule has 0 heterocycles. The molecular formula is C10H15NO3S. The second kappa shape index (κ2) is 5.14. The Morgan fingerprint density at radius 1 is 1.40 bits per heavy atom. The van der Waals surface area contributed by atoms with E-state index in [-0.39, 0.29) is 5.75 Å². The van der Waals surface area contributed by atoms with Gasteiger partial charge in [-0.2, -0.15) is 0 Å². The summed E-state index contributed by atoms with van der Waals surface area (Å²) in [6.45, 7) is 2.46. The molecule has 84 valence electrons. The fraction of sp³-hybridized carbons (Fsp3) is 0.400. The maximum Gasteiger partial charge on any atom is 0.215 e. The largest absolute Gasteiger partial charge is 0.494 e. The predicted molar refractivity (Wildman–Crippen MR) is 59.3 cm³/mol. The Kier molecular flexibility index (Phi) is 4.11. The second-order valence-electron chi connectivity index (χ2n) is 3.04. The van der Waals surface area contributed by atoms with Gasteiger partial charge in [-0.1, -0.05) is 12.1 Å².